The predicted molar refractivity (Wildman–Crippen MR) is 58.1 cm³/mol. The number of halogens is 3. The minimum atomic E-state index is -4.47. The summed E-state index contributed by atoms with van der Waals surface area (Å²) < 4.78 is 37.2. The molecule has 4 nitrogen and oxygen atoms in total. The molecule has 1 unspecified atom stereocenters. The van der Waals surface area contributed by atoms with Crippen molar-refractivity contribution in [1.82, 2.24) is 0 Å². The van der Waals surface area contributed by atoms with Crippen molar-refractivity contribution in [3.05, 3.63) is 21.4 Å². The number of carboxylic acid groups (broad SMARTS) is 1. The molecular formula is C10H8F3NO3S. The van der Waals surface area contributed by atoms with Crippen LogP contribution in [0.5, 0.6) is 0 Å². The zero-order chi connectivity index (χ0) is 13.5. The zero-order valence-corrected chi connectivity index (χ0v) is 9.93. The van der Waals surface area contributed by atoms with Gasteiger partial charge in [0.05, 0.1) is 5.71 Å². The van der Waals surface area contributed by atoms with Gasteiger partial charge in [-0.3, -0.25) is 0 Å². The number of hydrogen-bond donors (Lipinski definition) is 1. The molecule has 2 heterocycles. The van der Waals surface area contributed by atoms with Gasteiger partial charge in [-0.05, 0) is 12.5 Å². The maximum atomic E-state index is 12.4. The Balaban J connectivity index is 2.23. The molecule has 1 aliphatic heterocycles. The monoisotopic (exact) mass is 279 g/mol. The van der Waals surface area contributed by atoms with E-state index in [0.717, 1.165) is 11.3 Å². The van der Waals surface area contributed by atoms with Gasteiger partial charge in [-0.1, -0.05) is 5.16 Å². The molecule has 8 heteroatoms. The first-order chi connectivity index (χ1) is 8.30. The van der Waals surface area contributed by atoms with Gasteiger partial charge in [0.2, 0.25) is 6.10 Å². The van der Waals surface area contributed by atoms with Crippen molar-refractivity contribution in [2.45, 2.75) is 25.6 Å². The molecule has 1 N–H and O–H groups in total. The van der Waals surface area contributed by atoms with Gasteiger partial charge in [0.25, 0.3) is 0 Å². The number of thiophene rings is 1. The van der Waals surface area contributed by atoms with Crippen molar-refractivity contribution in [1.29, 1.82) is 0 Å². The molecule has 0 saturated carbocycles. The lowest BCUT2D eigenvalue weighted by Crippen LogP contribution is -2.28. The molecule has 1 aromatic rings. The van der Waals surface area contributed by atoms with Crippen molar-refractivity contribution >= 4 is 23.0 Å². The van der Waals surface area contributed by atoms with E-state index < -0.39 is 18.2 Å². The highest BCUT2D eigenvalue weighted by Gasteiger charge is 2.46. The van der Waals surface area contributed by atoms with E-state index in [1.165, 1.54) is 5.38 Å². The second-order valence-corrected chi connectivity index (χ2v) is 4.67. The van der Waals surface area contributed by atoms with Crippen LogP contribution < -0.4 is 0 Å². The van der Waals surface area contributed by atoms with Gasteiger partial charge < -0.3 is 9.94 Å². The summed E-state index contributed by atoms with van der Waals surface area (Å²) in [6, 6.07) is 0. The van der Waals surface area contributed by atoms with Crippen LogP contribution in [0.3, 0.4) is 0 Å². The fraction of sp³-hybridized carbons (Fsp3) is 0.400. The van der Waals surface area contributed by atoms with E-state index in [1.807, 2.05) is 0 Å². The highest BCUT2D eigenvalue weighted by atomic mass is 32.1. The molecule has 18 heavy (non-hydrogen) atoms. The Morgan fingerprint density at radius 1 is 1.61 bits per heavy atom. The molecule has 0 aliphatic carbocycles. The van der Waals surface area contributed by atoms with E-state index in [9.17, 15) is 18.0 Å². The standard InChI is InChI=1S/C10H8F3NO3S/c1-4-5(3-18-8(4)9(15)16)6-2-7(17-14-6)10(11,12)13/h3,7H,2H2,1H3,(H,15,16). The second kappa shape index (κ2) is 4.27. The van der Waals surface area contributed by atoms with Crippen molar-refractivity contribution in [3.8, 4) is 0 Å². The van der Waals surface area contributed by atoms with Crippen molar-refractivity contribution in [3.63, 3.8) is 0 Å². The van der Waals surface area contributed by atoms with E-state index in [-0.39, 0.29) is 17.0 Å². The van der Waals surface area contributed by atoms with Gasteiger partial charge in [-0.15, -0.1) is 11.3 Å². The number of rotatable bonds is 2. The van der Waals surface area contributed by atoms with Crippen molar-refractivity contribution in [2.75, 3.05) is 0 Å². The fourth-order valence-corrected chi connectivity index (χ4v) is 2.56. The van der Waals surface area contributed by atoms with Crippen LogP contribution in [0.25, 0.3) is 0 Å². The molecular weight excluding hydrogens is 271 g/mol. The van der Waals surface area contributed by atoms with Gasteiger partial charge in [-0.25, -0.2) is 4.79 Å². The van der Waals surface area contributed by atoms with Crippen molar-refractivity contribution in [2.24, 2.45) is 5.16 Å². The Kier molecular flexibility index (Phi) is 3.05. The summed E-state index contributed by atoms with van der Waals surface area (Å²) >= 11 is 0.963. The number of carbonyl (C=O) groups is 1. The lowest BCUT2D eigenvalue weighted by molar-refractivity contribution is -0.212. The normalized spacial score (nSPS) is 19.6. The fourth-order valence-electron chi connectivity index (χ4n) is 1.62. The summed E-state index contributed by atoms with van der Waals surface area (Å²) in [5, 5.41) is 13.7. The topological polar surface area (TPSA) is 58.9 Å². The van der Waals surface area contributed by atoms with Crippen LogP contribution in [0.15, 0.2) is 10.5 Å². The molecule has 98 valence electrons. The molecule has 1 aliphatic rings. The van der Waals surface area contributed by atoms with E-state index in [0.29, 0.717) is 11.1 Å². The smallest absolute Gasteiger partial charge is 0.428 e. The third kappa shape index (κ3) is 2.20. The number of oxime groups is 1. The third-order valence-corrected chi connectivity index (χ3v) is 3.65. The first kappa shape index (κ1) is 12.9. The average Bonchev–Trinajstić information content (AvgIpc) is 2.81. The van der Waals surface area contributed by atoms with Crippen LogP contribution >= 0.6 is 11.3 Å². The summed E-state index contributed by atoms with van der Waals surface area (Å²) in [4.78, 5) is 15.3. The second-order valence-electron chi connectivity index (χ2n) is 3.79. The van der Waals surface area contributed by atoms with Crippen LogP contribution in [-0.2, 0) is 4.84 Å². The Morgan fingerprint density at radius 3 is 2.72 bits per heavy atom. The van der Waals surface area contributed by atoms with Gasteiger partial charge in [0.15, 0.2) is 0 Å². The molecule has 1 atom stereocenters. The molecule has 0 bridgehead atoms. The first-order valence-electron chi connectivity index (χ1n) is 4.92. The molecule has 0 amide bonds. The number of aromatic carboxylic acids is 1. The van der Waals surface area contributed by atoms with Gasteiger partial charge in [0, 0.05) is 17.4 Å². The third-order valence-electron chi connectivity index (χ3n) is 2.58. The van der Waals surface area contributed by atoms with E-state index in [4.69, 9.17) is 5.11 Å². The van der Waals surface area contributed by atoms with E-state index >= 15 is 0 Å². The van der Waals surface area contributed by atoms with Crippen LogP contribution in [0, 0.1) is 6.92 Å². The summed E-state index contributed by atoms with van der Waals surface area (Å²) in [7, 11) is 0. The lowest BCUT2D eigenvalue weighted by atomic mass is 10.0. The Hall–Kier alpha value is -1.57. The minimum absolute atomic E-state index is 0.100. The lowest BCUT2D eigenvalue weighted by Gasteiger charge is -2.11. The Morgan fingerprint density at radius 2 is 2.28 bits per heavy atom. The molecule has 1 aromatic heterocycles. The zero-order valence-electron chi connectivity index (χ0n) is 9.11. The van der Waals surface area contributed by atoms with E-state index in [1.54, 1.807) is 6.92 Å². The van der Waals surface area contributed by atoms with Crippen LogP contribution in [-0.4, -0.2) is 29.1 Å². The van der Waals surface area contributed by atoms with Crippen LogP contribution in [0.4, 0.5) is 13.2 Å². The molecule has 0 radical (unpaired) electrons. The van der Waals surface area contributed by atoms with Gasteiger partial charge in [0.1, 0.15) is 4.88 Å². The molecule has 0 spiro atoms. The highest BCUT2D eigenvalue weighted by molar-refractivity contribution is 7.12. The van der Waals surface area contributed by atoms with Crippen molar-refractivity contribution < 1.29 is 27.9 Å². The largest absolute Gasteiger partial charge is 0.477 e. The number of nitrogens with zero attached hydrogens (tertiary/aromatic N) is 1. The van der Waals surface area contributed by atoms with Crippen LogP contribution in [0.1, 0.15) is 27.2 Å². The highest BCUT2D eigenvalue weighted by Crippen LogP contribution is 2.33. The summed E-state index contributed by atoms with van der Waals surface area (Å²) in [5.41, 5.74) is 0.959. The molecule has 0 fully saturated rings. The maximum Gasteiger partial charge on any atom is 0.428 e. The Bertz CT molecular complexity index is 521. The Labute approximate surface area is 104 Å². The first-order valence-corrected chi connectivity index (χ1v) is 5.80. The quantitative estimate of drug-likeness (QED) is 0.905. The van der Waals surface area contributed by atoms with E-state index in [2.05, 4.69) is 9.99 Å². The van der Waals surface area contributed by atoms with Gasteiger partial charge in [-0.2, -0.15) is 13.2 Å². The summed E-state index contributed by atoms with van der Waals surface area (Å²) in [5.74, 6) is -1.10. The number of hydrogen-bond acceptors (Lipinski definition) is 4. The number of alkyl halides is 3. The predicted octanol–water partition coefficient (Wildman–Crippen LogP) is 2.81. The SMILES string of the molecule is Cc1c(C2=NOC(C(F)(F)F)C2)csc1C(=O)O. The number of carboxylic acids is 1. The maximum absolute atomic E-state index is 12.4. The molecule has 2 rings (SSSR count). The minimum Gasteiger partial charge on any atom is -0.477 e. The van der Waals surface area contributed by atoms with Gasteiger partial charge >= 0.3 is 12.1 Å². The molecule has 0 saturated heterocycles. The van der Waals surface area contributed by atoms with Crippen LogP contribution in [0.2, 0.25) is 0 Å². The molecule has 0 aromatic carbocycles. The summed E-state index contributed by atoms with van der Waals surface area (Å²) in [6.45, 7) is 1.54. The average molecular weight is 279 g/mol. The summed E-state index contributed by atoms with van der Waals surface area (Å²) in [6.07, 6.45) is -6.80.